The smallest absolute Gasteiger partial charge is 0.0471 e. The maximum absolute atomic E-state index is 8.93. The molecule has 0 aromatic heterocycles. The van der Waals surface area contributed by atoms with Crippen molar-refractivity contribution >= 4 is 9.90 Å². The minimum atomic E-state index is 0. The van der Waals surface area contributed by atoms with Gasteiger partial charge in [0.1, 0.15) is 0 Å². The van der Waals surface area contributed by atoms with Crippen LogP contribution in [0.15, 0.2) is 24.3 Å². The lowest BCUT2D eigenvalue weighted by Crippen LogP contribution is -2.44. The van der Waals surface area contributed by atoms with Crippen molar-refractivity contribution in [2.24, 2.45) is 0 Å². The third-order valence-electron chi connectivity index (χ3n) is 2.89. The predicted octanol–water partition coefficient (Wildman–Crippen LogP) is 1.18. The maximum Gasteiger partial charge on any atom is 0.0471 e. The molecule has 1 saturated heterocycles. The molecule has 2 unspecified atom stereocenters. The minimum Gasteiger partial charge on any atom is -0.396 e. The Hall–Kier alpha value is -0.430. The zero-order valence-electron chi connectivity index (χ0n) is 9.08. The number of hydrogen-bond acceptors (Lipinski definition) is 2. The van der Waals surface area contributed by atoms with Crippen molar-refractivity contribution < 1.29 is 5.11 Å². The Morgan fingerprint density at radius 2 is 1.93 bits per heavy atom. The van der Waals surface area contributed by atoms with Crippen LogP contribution in [0.1, 0.15) is 17.5 Å². The van der Waals surface area contributed by atoms with Crippen LogP contribution in [-0.2, 0) is 12.8 Å². The van der Waals surface area contributed by atoms with Crippen molar-refractivity contribution in [3.05, 3.63) is 35.4 Å². The molecular formula is C12H20NOP. The van der Waals surface area contributed by atoms with Crippen molar-refractivity contribution in [3.8, 4) is 0 Å². The second-order valence-electron chi connectivity index (χ2n) is 3.89. The molecule has 2 nitrogen and oxygen atoms in total. The van der Waals surface area contributed by atoms with E-state index in [0.717, 1.165) is 19.4 Å². The highest BCUT2D eigenvalue weighted by Gasteiger charge is 2.17. The van der Waals surface area contributed by atoms with E-state index in [9.17, 15) is 0 Å². The van der Waals surface area contributed by atoms with E-state index in [0.29, 0.717) is 6.04 Å². The molecule has 2 rings (SSSR count). The fourth-order valence-electron chi connectivity index (χ4n) is 1.91. The molecule has 1 aromatic carbocycles. The predicted molar refractivity (Wildman–Crippen MR) is 68.4 cm³/mol. The first-order valence-corrected chi connectivity index (χ1v) is 5.31. The van der Waals surface area contributed by atoms with Gasteiger partial charge in [0.25, 0.3) is 0 Å². The van der Waals surface area contributed by atoms with Crippen molar-refractivity contribution in [2.45, 2.75) is 25.3 Å². The SMILES string of the molecule is OCCc1ccccc1CC1CCN1.P. The van der Waals surface area contributed by atoms with Gasteiger partial charge >= 0.3 is 0 Å². The topological polar surface area (TPSA) is 32.3 Å². The van der Waals surface area contributed by atoms with Gasteiger partial charge in [-0.1, -0.05) is 24.3 Å². The Labute approximate surface area is 94.7 Å². The van der Waals surface area contributed by atoms with Gasteiger partial charge in [-0.05, 0) is 36.9 Å². The molecule has 1 aliphatic rings. The van der Waals surface area contributed by atoms with Crippen LogP contribution in [0, 0.1) is 0 Å². The summed E-state index contributed by atoms with van der Waals surface area (Å²) in [6, 6.07) is 9.07. The molecule has 2 N–H and O–H groups in total. The van der Waals surface area contributed by atoms with Crippen LogP contribution < -0.4 is 5.32 Å². The molecular weight excluding hydrogens is 205 g/mol. The van der Waals surface area contributed by atoms with E-state index in [-0.39, 0.29) is 16.5 Å². The molecule has 0 radical (unpaired) electrons. The Kier molecular flexibility index (Phi) is 5.24. The first kappa shape index (κ1) is 12.6. The maximum atomic E-state index is 8.93. The lowest BCUT2D eigenvalue weighted by atomic mass is 9.94. The zero-order chi connectivity index (χ0) is 9.80. The quantitative estimate of drug-likeness (QED) is 0.754. The number of aliphatic hydroxyl groups excluding tert-OH is 1. The monoisotopic (exact) mass is 225 g/mol. The fourth-order valence-corrected chi connectivity index (χ4v) is 1.91. The molecule has 1 heterocycles. The molecule has 0 amide bonds. The molecule has 84 valence electrons. The molecule has 0 bridgehead atoms. The Balaban J connectivity index is 0.00000112. The van der Waals surface area contributed by atoms with Crippen molar-refractivity contribution in [3.63, 3.8) is 0 Å². The van der Waals surface area contributed by atoms with Gasteiger partial charge < -0.3 is 10.4 Å². The first-order valence-electron chi connectivity index (χ1n) is 5.31. The van der Waals surface area contributed by atoms with Gasteiger partial charge in [0.05, 0.1) is 0 Å². The first-order chi connectivity index (χ1) is 6.90. The fraction of sp³-hybridized carbons (Fsp3) is 0.500. The van der Waals surface area contributed by atoms with E-state index in [1.165, 1.54) is 17.5 Å². The second kappa shape index (κ2) is 6.22. The van der Waals surface area contributed by atoms with E-state index >= 15 is 0 Å². The normalized spacial score (nSPS) is 19.1. The summed E-state index contributed by atoms with van der Waals surface area (Å²) < 4.78 is 0. The van der Waals surface area contributed by atoms with Gasteiger partial charge in [-0.15, -0.1) is 0 Å². The third kappa shape index (κ3) is 3.27. The summed E-state index contributed by atoms with van der Waals surface area (Å²) in [6.07, 6.45) is 3.17. The number of benzene rings is 1. The lowest BCUT2D eigenvalue weighted by Gasteiger charge is -2.28. The van der Waals surface area contributed by atoms with Gasteiger partial charge in [-0.3, -0.25) is 0 Å². The van der Waals surface area contributed by atoms with Crippen LogP contribution in [0.4, 0.5) is 0 Å². The van der Waals surface area contributed by atoms with Crippen LogP contribution in [0.5, 0.6) is 0 Å². The highest BCUT2D eigenvalue weighted by molar-refractivity contribution is 6.92. The summed E-state index contributed by atoms with van der Waals surface area (Å²) in [5.74, 6) is 0. The third-order valence-corrected chi connectivity index (χ3v) is 2.89. The van der Waals surface area contributed by atoms with Crippen LogP contribution in [0.2, 0.25) is 0 Å². The summed E-state index contributed by atoms with van der Waals surface area (Å²) in [5.41, 5.74) is 2.68. The van der Waals surface area contributed by atoms with E-state index < -0.39 is 0 Å². The van der Waals surface area contributed by atoms with Crippen molar-refractivity contribution in [1.29, 1.82) is 0 Å². The average Bonchev–Trinajstić information content (AvgIpc) is 2.14. The van der Waals surface area contributed by atoms with Gasteiger partial charge in [0.15, 0.2) is 0 Å². The number of aliphatic hydroxyl groups is 1. The highest BCUT2D eigenvalue weighted by atomic mass is 31.0. The summed E-state index contributed by atoms with van der Waals surface area (Å²) >= 11 is 0. The molecule has 0 spiro atoms. The van der Waals surface area contributed by atoms with Crippen molar-refractivity contribution in [2.75, 3.05) is 13.2 Å². The molecule has 15 heavy (non-hydrogen) atoms. The lowest BCUT2D eigenvalue weighted by molar-refractivity contribution is 0.298. The molecule has 3 heteroatoms. The molecule has 1 fully saturated rings. The number of rotatable bonds is 4. The highest BCUT2D eigenvalue weighted by Crippen LogP contribution is 2.15. The van der Waals surface area contributed by atoms with Crippen LogP contribution in [0.3, 0.4) is 0 Å². The largest absolute Gasteiger partial charge is 0.396 e. The summed E-state index contributed by atoms with van der Waals surface area (Å²) in [5, 5.41) is 12.3. The van der Waals surface area contributed by atoms with E-state index in [1.54, 1.807) is 0 Å². The van der Waals surface area contributed by atoms with Gasteiger partial charge in [0.2, 0.25) is 0 Å². The van der Waals surface area contributed by atoms with Crippen LogP contribution in [0.25, 0.3) is 0 Å². The van der Waals surface area contributed by atoms with Gasteiger partial charge in [-0.2, -0.15) is 9.90 Å². The van der Waals surface area contributed by atoms with Crippen LogP contribution in [-0.4, -0.2) is 24.3 Å². The second-order valence-corrected chi connectivity index (χ2v) is 3.89. The summed E-state index contributed by atoms with van der Waals surface area (Å²) in [4.78, 5) is 0. The Morgan fingerprint density at radius 3 is 2.47 bits per heavy atom. The van der Waals surface area contributed by atoms with E-state index in [4.69, 9.17) is 5.11 Å². The number of hydrogen-bond donors (Lipinski definition) is 2. The Morgan fingerprint density at radius 1 is 1.27 bits per heavy atom. The van der Waals surface area contributed by atoms with E-state index in [1.807, 2.05) is 6.07 Å². The minimum absolute atomic E-state index is 0. The zero-order valence-corrected chi connectivity index (χ0v) is 10.5. The number of nitrogens with one attached hydrogen (secondary N) is 1. The molecule has 0 aliphatic carbocycles. The van der Waals surface area contributed by atoms with Crippen LogP contribution >= 0.6 is 9.90 Å². The molecule has 1 aliphatic heterocycles. The average molecular weight is 225 g/mol. The van der Waals surface area contributed by atoms with Crippen molar-refractivity contribution in [1.82, 2.24) is 5.32 Å². The molecule has 0 saturated carbocycles. The van der Waals surface area contributed by atoms with Gasteiger partial charge in [0, 0.05) is 12.6 Å². The standard InChI is InChI=1S/C12H17NO.H3P/c14-8-6-10-3-1-2-4-11(10)9-12-5-7-13-12;/h1-4,12-14H,5-9H2;1H3. The summed E-state index contributed by atoms with van der Waals surface area (Å²) in [7, 11) is 0. The van der Waals surface area contributed by atoms with E-state index in [2.05, 4.69) is 23.5 Å². The Bertz CT molecular complexity index is 299. The molecule has 2 atom stereocenters. The van der Waals surface area contributed by atoms with Gasteiger partial charge in [-0.25, -0.2) is 0 Å². The molecule has 1 aromatic rings. The summed E-state index contributed by atoms with van der Waals surface area (Å²) in [6.45, 7) is 1.40.